The third-order valence-corrected chi connectivity index (χ3v) is 6.34. The van der Waals surface area contributed by atoms with Gasteiger partial charge in [0.05, 0.1) is 37.2 Å². The van der Waals surface area contributed by atoms with Gasteiger partial charge < -0.3 is 14.8 Å². The van der Waals surface area contributed by atoms with Crippen LogP contribution in [0.25, 0.3) is 5.69 Å². The highest BCUT2D eigenvalue weighted by atomic mass is 16.5. The molecule has 3 aromatic rings. The number of carbonyl (C=O) groups excluding carboxylic acids is 1. The molecule has 2 atom stereocenters. The summed E-state index contributed by atoms with van der Waals surface area (Å²) in [6.07, 6.45) is 0. The predicted octanol–water partition coefficient (Wildman–Crippen LogP) is 3.14. The molecule has 2 aromatic carbocycles. The number of carbonyl (C=O) groups is 1. The fraction of sp³-hybridized carbons (Fsp3) is 0.360. The lowest BCUT2D eigenvalue weighted by Gasteiger charge is -2.21. The van der Waals surface area contributed by atoms with Crippen molar-refractivity contribution in [2.24, 2.45) is 0 Å². The first-order valence-electron chi connectivity index (χ1n) is 11.3. The molecule has 0 radical (unpaired) electrons. The fourth-order valence-corrected chi connectivity index (χ4v) is 4.68. The molecule has 0 bridgehead atoms. The lowest BCUT2D eigenvalue weighted by atomic mass is 9.94. The van der Waals surface area contributed by atoms with E-state index in [9.17, 15) is 4.79 Å². The summed E-state index contributed by atoms with van der Waals surface area (Å²) in [5.74, 6) is 0.874. The number of fused-ring (bicyclic) bond motifs is 1. The number of rotatable bonds is 7. The summed E-state index contributed by atoms with van der Waals surface area (Å²) >= 11 is 0. The summed E-state index contributed by atoms with van der Waals surface area (Å²) in [6, 6.07) is 20.0. The SMILES string of the molecule is COCCN1C[C@@H](NC(=O)Nc2c3c(nn2-c2ccccc2)COC3)[C@H](c2ccccc2)C1. The van der Waals surface area contributed by atoms with Gasteiger partial charge >= 0.3 is 6.03 Å². The van der Waals surface area contributed by atoms with E-state index >= 15 is 0 Å². The summed E-state index contributed by atoms with van der Waals surface area (Å²) in [5, 5.41) is 11.0. The largest absolute Gasteiger partial charge is 0.383 e. The summed E-state index contributed by atoms with van der Waals surface area (Å²) in [6.45, 7) is 4.06. The first kappa shape index (κ1) is 21.6. The molecule has 3 heterocycles. The zero-order valence-corrected chi connectivity index (χ0v) is 18.7. The Hall–Kier alpha value is -3.20. The van der Waals surface area contributed by atoms with Crippen molar-refractivity contribution in [1.82, 2.24) is 20.0 Å². The normalized spacial score (nSPS) is 20.0. The number of nitrogens with one attached hydrogen (secondary N) is 2. The van der Waals surface area contributed by atoms with Gasteiger partial charge in [-0.25, -0.2) is 9.48 Å². The van der Waals surface area contributed by atoms with E-state index in [0.717, 1.165) is 36.6 Å². The van der Waals surface area contributed by atoms with Crippen molar-refractivity contribution in [1.29, 1.82) is 0 Å². The van der Waals surface area contributed by atoms with Crippen LogP contribution in [0.1, 0.15) is 22.7 Å². The number of para-hydroxylation sites is 1. The number of aromatic nitrogens is 2. The Kier molecular flexibility index (Phi) is 6.39. The quantitative estimate of drug-likeness (QED) is 0.582. The standard InChI is InChI=1S/C25H29N5O3/c1-32-13-12-29-14-20(18-8-4-2-5-9-18)22(15-29)26-25(31)27-24-21-16-33-17-23(21)28-30(24)19-10-6-3-7-11-19/h2-11,20,22H,12-17H2,1H3,(H2,26,27,31)/t20-,22+/m0/s1. The number of likely N-dealkylation sites (tertiary alicyclic amines) is 1. The molecule has 8 heteroatoms. The molecule has 2 aliphatic heterocycles. The molecule has 5 rings (SSSR count). The molecular formula is C25H29N5O3. The second kappa shape index (κ2) is 9.74. The minimum absolute atomic E-state index is 0.0124. The Balaban J connectivity index is 1.35. The van der Waals surface area contributed by atoms with Gasteiger partial charge in [-0.3, -0.25) is 10.2 Å². The highest BCUT2D eigenvalue weighted by molar-refractivity contribution is 5.90. The summed E-state index contributed by atoms with van der Waals surface area (Å²) in [5.41, 5.74) is 3.92. The van der Waals surface area contributed by atoms with Crippen molar-refractivity contribution in [2.75, 3.05) is 38.7 Å². The minimum atomic E-state index is -0.235. The molecule has 172 valence electrons. The zero-order chi connectivity index (χ0) is 22.6. The molecular weight excluding hydrogens is 418 g/mol. The van der Waals surface area contributed by atoms with Crippen LogP contribution in [0.15, 0.2) is 60.7 Å². The van der Waals surface area contributed by atoms with Crippen LogP contribution in [0.5, 0.6) is 0 Å². The summed E-state index contributed by atoms with van der Waals surface area (Å²) in [7, 11) is 1.71. The topological polar surface area (TPSA) is 80.7 Å². The number of amides is 2. The van der Waals surface area contributed by atoms with E-state index in [-0.39, 0.29) is 18.0 Å². The average Bonchev–Trinajstić information content (AvgIpc) is 3.55. The van der Waals surface area contributed by atoms with Crippen LogP contribution in [-0.4, -0.2) is 60.1 Å². The number of urea groups is 1. The third-order valence-electron chi connectivity index (χ3n) is 6.34. The van der Waals surface area contributed by atoms with Crippen molar-refractivity contribution in [3.8, 4) is 5.69 Å². The minimum Gasteiger partial charge on any atom is -0.383 e. The van der Waals surface area contributed by atoms with Gasteiger partial charge in [0.2, 0.25) is 0 Å². The van der Waals surface area contributed by atoms with Crippen molar-refractivity contribution >= 4 is 11.8 Å². The molecule has 2 aliphatic rings. The third kappa shape index (κ3) is 4.64. The second-order valence-electron chi connectivity index (χ2n) is 8.49. The van der Waals surface area contributed by atoms with E-state index < -0.39 is 0 Å². The maximum Gasteiger partial charge on any atom is 0.320 e. The van der Waals surface area contributed by atoms with E-state index in [4.69, 9.17) is 9.47 Å². The molecule has 0 saturated carbocycles. The second-order valence-corrected chi connectivity index (χ2v) is 8.49. The van der Waals surface area contributed by atoms with Crippen LogP contribution in [-0.2, 0) is 22.7 Å². The maximum absolute atomic E-state index is 13.2. The zero-order valence-electron chi connectivity index (χ0n) is 18.7. The maximum atomic E-state index is 13.2. The van der Waals surface area contributed by atoms with Crippen molar-refractivity contribution in [2.45, 2.75) is 25.2 Å². The summed E-state index contributed by atoms with van der Waals surface area (Å²) in [4.78, 5) is 15.5. The number of hydrogen-bond acceptors (Lipinski definition) is 5. The number of nitrogens with zero attached hydrogens (tertiary/aromatic N) is 3. The average molecular weight is 448 g/mol. The Bertz CT molecular complexity index is 1090. The molecule has 33 heavy (non-hydrogen) atoms. The van der Waals surface area contributed by atoms with Gasteiger partial charge in [0.15, 0.2) is 0 Å². The van der Waals surface area contributed by atoms with Gasteiger partial charge in [-0.1, -0.05) is 48.5 Å². The monoisotopic (exact) mass is 447 g/mol. The molecule has 2 N–H and O–H groups in total. The number of ether oxygens (including phenoxy) is 2. The lowest BCUT2D eigenvalue weighted by Crippen LogP contribution is -2.42. The number of benzene rings is 2. The van der Waals surface area contributed by atoms with E-state index in [0.29, 0.717) is 25.6 Å². The van der Waals surface area contributed by atoms with Crippen molar-refractivity contribution in [3.63, 3.8) is 0 Å². The first-order chi connectivity index (χ1) is 16.2. The molecule has 1 aromatic heterocycles. The highest BCUT2D eigenvalue weighted by Crippen LogP contribution is 2.31. The van der Waals surface area contributed by atoms with Gasteiger partial charge in [0, 0.05) is 38.2 Å². The molecule has 1 saturated heterocycles. The number of methoxy groups -OCH3 is 1. The Morgan fingerprint density at radius 2 is 1.85 bits per heavy atom. The van der Waals surface area contributed by atoms with Gasteiger partial charge in [0.25, 0.3) is 0 Å². The lowest BCUT2D eigenvalue weighted by molar-refractivity contribution is 0.131. The van der Waals surface area contributed by atoms with E-state index in [2.05, 4.69) is 32.8 Å². The molecule has 1 fully saturated rings. The molecule has 0 spiro atoms. The summed E-state index contributed by atoms with van der Waals surface area (Å²) < 4.78 is 12.6. The Labute approximate surface area is 193 Å². The molecule has 8 nitrogen and oxygen atoms in total. The van der Waals surface area contributed by atoms with Crippen LogP contribution in [0.2, 0.25) is 0 Å². The first-order valence-corrected chi connectivity index (χ1v) is 11.3. The van der Waals surface area contributed by atoms with Crippen molar-refractivity contribution in [3.05, 3.63) is 77.5 Å². The number of hydrogen-bond donors (Lipinski definition) is 2. The van der Waals surface area contributed by atoms with Crippen LogP contribution >= 0.6 is 0 Å². The van der Waals surface area contributed by atoms with Gasteiger partial charge in [-0.15, -0.1) is 0 Å². The Morgan fingerprint density at radius 3 is 2.61 bits per heavy atom. The Morgan fingerprint density at radius 1 is 1.09 bits per heavy atom. The predicted molar refractivity (Wildman–Crippen MR) is 125 cm³/mol. The van der Waals surface area contributed by atoms with Gasteiger partial charge in [-0.2, -0.15) is 5.10 Å². The molecule has 0 unspecified atom stereocenters. The van der Waals surface area contributed by atoms with Crippen LogP contribution in [0, 0.1) is 0 Å². The smallest absolute Gasteiger partial charge is 0.320 e. The number of anilines is 1. The van der Waals surface area contributed by atoms with E-state index in [1.165, 1.54) is 5.56 Å². The van der Waals surface area contributed by atoms with Gasteiger partial charge in [-0.05, 0) is 17.7 Å². The van der Waals surface area contributed by atoms with Gasteiger partial charge in [0.1, 0.15) is 5.82 Å². The van der Waals surface area contributed by atoms with E-state index in [1.54, 1.807) is 11.8 Å². The molecule has 0 aliphatic carbocycles. The van der Waals surface area contributed by atoms with Crippen LogP contribution in [0.4, 0.5) is 10.6 Å². The van der Waals surface area contributed by atoms with Crippen LogP contribution in [0.3, 0.4) is 0 Å². The van der Waals surface area contributed by atoms with Crippen molar-refractivity contribution < 1.29 is 14.3 Å². The van der Waals surface area contributed by atoms with E-state index in [1.807, 2.05) is 48.5 Å². The molecule has 2 amide bonds. The van der Waals surface area contributed by atoms with Crippen LogP contribution < -0.4 is 10.6 Å². The highest BCUT2D eigenvalue weighted by Gasteiger charge is 2.35. The fourth-order valence-electron chi connectivity index (χ4n) is 4.68.